The third-order valence-electron chi connectivity index (χ3n) is 3.53. The lowest BCUT2D eigenvalue weighted by Gasteiger charge is -2.54. The van der Waals surface area contributed by atoms with E-state index in [1.165, 1.54) is 0 Å². The monoisotopic (exact) mass is 221 g/mol. The molecule has 3 heteroatoms. The van der Waals surface area contributed by atoms with Crippen molar-refractivity contribution in [3.63, 3.8) is 0 Å². The van der Waals surface area contributed by atoms with Gasteiger partial charge in [0.05, 0.1) is 0 Å². The van der Waals surface area contributed by atoms with E-state index < -0.39 is 0 Å². The molecule has 0 spiro atoms. The SMILES string of the molecule is C=CCN1C(C)(C)CC(NC#N)CC1(C)C. The molecule has 16 heavy (non-hydrogen) atoms. The third-order valence-corrected chi connectivity index (χ3v) is 3.53. The van der Waals surface area contributed by atoms with Gasteiger partial charge in [0.15, 0.2) is 6.19 Å². The van der Waals surface area contributed by atoms with E-state index in [9.17, 15) is 0 Å². The van der Waals surface area contributed by atoms with Gasteiger partial charge in [-0.1, -0.05) is 6.08 Å². The predicted molar refractivity (Wildman–Crippen MR) is 66.8 cm³/mol. The lowest BCUT2D eigenvalue weighted by molar-refractivity contribution is -0.0285. The van der Waals surface area contributed by atoms with Crippen molar-refractivity contribution in [3.05, 3.63) is 12.7 Å². The summed E-state index contributed by atoms with van der Waals surface area (Å²) in [5.41, 5.74) is 0.203. The fourth-order valence-electron chi connectivity index (χ4n) is 3.13. The number of nitrogens with zero attached hydrogens (tertiary/aromatic N) is 2. The summed E-state index contributed by atoms with van der Waals surface area (Å²) in [6, 6.07) is 0.288. The fraction of sp³-hybridized carbons (Fsp3) is 0.769. The highest BCUT2D eigenvalue weighted by Gasteiger charge is 2.44. The Morgan fingerprint density at radius 3 is 2.25 bits per heavy atom. The first-order valence-corrected chi connectivity index (χ1v) is 5.87. The van der Waals surface area contributed by atoms with Crippen LogP contribution in [0, 0.1) is 11.5 Å². The molecule has 0 aromatic heterocycles. The average molecular weight is 221 g/mol. The minimum atomic E-state index is 0.102. The summed E-state index contributed by atoms with van der Waals surface area (Å²) in [4.78, 5) is 2.47. The number of nitriles is 1. The highest BCUT2D eigenvalue weighted by molar-refractivity contribution is 5.04. The van der Waals surface area contributed by atoms with Gasteiger partial charge in [0.1, 0.15) is 0 Å². The quantitative estimate of drug-likeness (QED) is 0.451. The smallest absolute Gasteiger partial charge is 0.176 e. The Kier molecular flexibility index (Phi) is 3.64. The molecule has 3 nitrogen and oxygen atoms in total. The van der Waals surface area contributed by atoms with Gasteiger partial charge in [-0.05, 0) is 40.5 Å². The van der Waals surface area contributed by atoms with Crippen molar-refractivity contribution in [2.45, 2.75) is 57.7 Å². The molecule has 1 fully saturated rings. The number of hydrogen-bond acceptors (Lipinski definition) is 3. The summed E-state index contributed by atoms with van der Waals surface area (Å²) in [5.74, 6) is 0. The van der Waals surface area contributed by atoms with E-state index in [-0.39, 0.29) is 17.1 Å². The van der Waals surface area contributed by atoms with E-state index in [1.54, 1.807) is 0 Å². The van der Waals surface area contributed by atoms with E-state index >= 15 is 0 Å². The molecular formula is C13H23N3. The number of hydrogen-bond donors (Lipinski definition) is 1. The first-order valence-electron chi connectivity index (χ1n) is 5.87. The maximum atomic E-state index is 8.74. The third kappa shape index (κ3) is 2.56. The second kappa shape index (κ2) is 4.47. The lowest BCUT2D eigenvalue weighted by atomic mass is 9.77. The van der Waals surface area contributed by atoms with Crippen molar-refractivity contribution in [1.82, 2.24) is 10.2 Å². The molecule has 0 radical (unpaired) electrons. The van der Waals surface area contributed by atoms with Gasteiger partial charge in [0, 0.05) is 23.7 Å². The molecule has 1 heterocycles. The Hall–Kier alpha value is -1.01. The molecule has 0 atom stereocenters. The van der Waals surface area contributed by atoms with Crippen LogP contribution in [0.4, 0.5) is 0 Å². The van der Waals surface area contributed by atoms with E-state index in [4.69, 9.17) is 5.26 Å². The van der Waals surface area contributed by atoms with Gasteiger partial charge in [-0.2, -0.15) is 5.26 Å². The summed E-state index contributed by atoms with van der Waals surface area (Å²) < 4.78 is 0. The summed E-state index contributed by atoms with van der Waals surface area (Å²) in [6.07, 6.45) is 6.03. The van der Waals surface area contributed by atoms with Crippen molar-refractivity contribution in [3.8, 4) is 6.19 Å². The number of rotatable bonds is 3. The first-order chi connectivity index (χ1) is 7.33. The van der Waals surface area contributed by atoms with Crippen molar-refractivity contribution in [2.75, 3.05) is 6.54 Å². The average Bonchev–Trinajstić information content (AvgIpc) is 2.10. The highest BCUT2D eigenvalue weighted by Crippen LogP contribution is 2.37. The topological polar surface area (TPSA) is 39.1 Å². The zero-order valence-electron chi connectivity index (χ0n) is 10.9. The molecule has 0 aromatic rings. The van der Waals surface area contributed by atoms with Crippen LogP contribution in [0.15, 0.2) is 12.7 Å². The molecule has 1 saturated heterocycles. The van der Waals surface area contributed by atoms with Crippen LogP contribution in [-0.2, 0) is 0 Å². The van der Waals surface area contributed by atoms with Crippen LogP contribution >= 0.6 is 0 Å². The minimum Gasteiger partial charge on any atom is -0.321 e. The molecule has 0 bridgehead atoms. The fourth-order valence-corrected chi connectivity index (χ4v) is 3.13. The Balaban J connectivity index is 2.89. The molecule has 0 unspecified atom stereocenters. The van der Waals surface area contributed by atoms with E-state index in [1.807, 2.05) is 6.08 Å². The molecule has 90 valence electrons. The van der Waals surface area contributed by atoms with Crippen LogP contribution < -0.4 is 5.32 Å². The van der Waals surface area contributed by atoms with Gasteiger partial charge < -0.3 is 5.32 Å². The van der Waals surface area contributed by atoms with Crippen molar-refractivity contribution in [1.29, 1.82) is 5.26 Å². The first kappa shape index (κ1) is 13.1. The van der Waals surface area contributed by atoms with Crippen LogP contribution in [0.25, 0.3) is 0 Å². The Bertz CT molecular complexity index is 281. The maximum Gasteiger partial charge on any atom is 0.176 e. The molecule has 1 aliphatic rings. The van der Waals surface area contributed by atoms with Gasteiger partial charge in [-0.25, -0.2) is 0 Å². The van der Waals surface area contributed by atoms with E-state index in [2.05, 4.69) is 50.7 Å². The van der Waals surface area contributed by atoms with Crippen LogP contribution in [0.5, 0.6) is 0 Å². The molecule has 0 aromatic carbocycles. The minimum absolute atomic E-state index is 0.102. The van der Waals surface area contributed by atoms with Crippen LogP contribution in [0.3, 0.4) is 0 Å². The second-order valence-electron chi connectivity index (χ2n) is 5.89. The van der Waals surface area contributed by atoms with Gasteiger partial charge in [-0.3, -0.25) is 4.90 Å². The molecule has 0 aliphatic carbocycles. The molecule has 1 N–H and O–H groups in total. The van der Waals surface area contributed by atoms with Gasteiger partial charge in [0.2, 0.25) is 0 Å². The molecule has 1 rings (SSSR count). The Morgan fingerprint density at radius 2 is 1.88 bits per heavy atom. The summed E-state index contributed by atoms with van der Waals surface area (Å²) in [5, 5.41) is 11.6. The Morgan fingerprint density at radius 1 is 1.38 bits per heavy atom. The molecular weight excluding hydrogens is 198 g/mol. The van der Waals surface area contributed by atoms with Gasteiger partial charge in [-0.15, -0.1) is 6.58 Å². The Labute approximate surface area is 99.1 Å². The zero-order valence-corrected chi connectivity index (χ0v) is 10.9. The molecule has 0 amide bonds. The summed E-state index contributed by atoms with van der Waals surface area (Å²) >= 11 is 0. The number of likely N-dealkylation sites (tertiary alicyclic amines) is 1. The summed E-state index contributed by atoms with van der Waals surface area (Å²) in [6.45, 7) is 13.7. The van der Waals surface area contributed by atoms with Crippen LogP contribution in [0.1, 0.15) is 40.5 Å². The number of nitrogens with one attached hydrogen (secondary N) is 1. The van der Waals surface area contributed by atoms with Crippen molar-refractivity contribution < 1.29 is 0 Å². The highest BCUT2D eigenvalue weighted by atomic mass is 15.3. The summed E-state index contributed by atoms with van der Waals surface area (Å²) in [7, 11) is 0. The van der Waals surface area contributed by atoms with Gasteiger partial charge in [0.25, 0.3) is 0 Å². The normalized spacial score (nSPS) is 24.7. The zero-order chi connectivity index (χ0) is 12.4. The van der Waals surface area contributed by atoms with Crippen molar-refractivity contribution in [2.24, 2.45) is 0 Å². The maximum absolute atomic E-state index is 8.74. The number of piperidine rings is 1. The standard InChI is InChI=1S/C13H23N3/c1-6-7-16-12(2,3)8-11(15-10-14)9-13(16,4)5/h6,11,15H,1,7-9H2,2-5H3. The largest absolute Gasteiger partial charge is 0.321 e. The van der Waals surface area contributed by atoms with Gasteiger partial charge >= 0.3 is 0 Å². The molecule has 1 aliphatic heterocycles. The van der Waals surface area contributed by atoms with Crippen LogP contribution in [-0.4, -0.2) is 28.6 Å². The van der Waals surface area contributed by atoms with E-state index in [0.29, 0.717) is 0 Å². The van der Waals surface area contributed by atoms with Crippen LogP contribution in [0.2, 0.25) is 0 Å². The van der Waals surface area contributed by atoms with E-state index in [0.717, 1.165) is 19.4 Å². The molecule has 0 saturated carbocycles. The predicted octanol–water partition coefficient (Wildman–Crippen LogP) is 2.26. The lowest BCUT2D eigenvalue weighted by Crippen LogP contribution is -2.63. The second-order valence-corrected chi connectivity index (χ2v) is 5.89. The van der Waals surface area contributed by atoms with Crippen molar-refractivity contribution >= 4 is 0 Å².